The van der Waals surface area contributed by atoms with Gasteiger partial charge in [0.25, 0.3) is 17.7 Å². The smallest absolute Gasteiger partial charge is 0.387 e. The molecule has 2 aromatic carbocycles. The van der Waals surface area contributed by atoms with Crippen LogP contribution in [0.15, 0.2) is 42.5 Å². The number of hydrogen-bond donors (Lipinski definition) is 3. The fraction of sp³-hybridized carbons (Fsp3) is 0.250. The zero-order valence-corrected chi connectivity index (χ0v) is 17.0. The van der Waals surface area contributed by atoms with Gasteiger partial charge in [-0.3, -0.25) is 25.2 Å². The quantitative estimate of drug-likeness (QED) is 0.497. The lowest BCUT2D eigenvalue weighted by molar-refractivity contribution is -0.132. The molecule has 0 saturated carbocycles. The summed E-state index contributed by atoms with van der Waals surface area (Å²) < 4.78 is 52.6. The van der Waals surface area contributed by atoms with Gasteiger partial charge in [0, 0.05) is 5.56 Å². The van der Waals surface area contributed by atoms with Crippen LogP contribution in [0.4, 0.5) is 13.2 Å². The number of hydrazine groups is 1. The highest BCUT2D eigenvalue weighted by Crippen LogP contribution is 2.29. The van der Waals surface area contributed by atoms with E-state index >= 15 is 0 Å². The van der Waals surface area contributed by atoms with E-state index in [0.29, 0.717) is 0 Å². The fourth-order valence-electron chi connectivity index (χ4n) is 2.33. The number of benzene rings is 2. The van der Waals surface area contributed by atoms with Crippen molar-refractivity contribution in [2.24, 2.45) is 0 Å². The lowest BCUT2D eigenvalue weighted by Crippen LogP contribution is -2.50. The van der Waals surface area contributed by atoms with Gasteiger partial charge in [-0.2, -0.15) is 8.78 Å². The monoisotopic (exact) mass is 455 g/mol. The van der Waals surface area contributed by atoms with Crippen LogP contribution in [0.2, 0.25) is 0 Å². The van der Waals surface area contributed by atoms with E-state index in [1.165, 1.54) is 44.4 Å². The predicted octanol–water partition coefficient (Wildman–Crippen LogP) is 1.78. The van der Waals surface area contributed by atoms with E-state index in [4.69, 9.17) is 9.47 Å². The molecule has 0 aliphatic rings. The number of alkyl halides is 2. The Hall–Kier alpha value is -3.96. The topological polar surface area (TPSA) is 115 Å². The lowest BCUT2D eigenvalue weighted by Gasteiger charge is -2.15. The minimum Gasteiger partial charge on any atom is -0.493 e. The lowest BCUT2D eigenvalue weighted by atomic mass is 10.2. The van der Waals surface area contributed by atoms with Crippen molar-refractivity contribution in [3.63, 3.8) is 0 Å². The Kier molecular flexibility index (Phi) is 8.69. The molecule has 1 unspecified atom stereocenters. The molecule has 0 radical (unpaired) electrons. The number of carbonyl (C=O) groups excluding carboxylic acids is 3. The van der Waals surface area contributed by atoms with Crippen LogP contribution in [0.1, 0.15) is 17.3 Å². The van der Waals surface area contributed by atoms with Crippen LogP contribution in [0, 0.1) is 5.82 Å². The zero-order valence-electron chi connectivity index (χ0n) is 17.0. The number of nitrogens with one attached hydrogen (secondary N) is 3. The predicted molar refractivity (Wildman–Crippen MR) is 105 cm³/mol. The molecule has 0 saturated heterocycles. The molecule has 2 aromatic rings. The van der Waals surface area contributed by atoms with Gasteiger partial charge in [-0.15, -0.1) is 0 Å². The number of hydrogen-bond acceptors (Lipinski definition) is 6. The maximum Gasteiger partial charge on any atom is 0.387 e. The van der Waals surface area contributed by atoms with E-state index < -0.39 is 42.8 Å². The van der Waals surface area contributed by atoms with Crippen molar-refractivity contribution in [3.8, 4) is 17.2 Å². The average molecular weight is 455 g/mol. The van der Waals surface area contributed by atoms with Crippen molar-refractivity contribution in [2.75, 3.05) is 13.7 Å². The van der Waals surface area contributed by atoms with E-state index in [1.54, 1.807) is 0 Å². The molecule has 0 aliphatic carbocycles. The Morgan fingerprint density at radius 2 is 1.69 bits per heavy atom. The molecular weight excluding hydrogens is 435 g/mol. The molecule has 32 heavy (non-hydrogen) atoms. The summed E-state index contributed by atoms with van der Waals surface area (Å²) in [5, 5.41) is 2.28. The van der Waals surface area contributed by atoms with Gasteiger partial charge in [0.15, 0.2) is 29.2 Å². The Balaban J connectivity index is 1.81. The normalized spacial score (nSPS) is 11.3. The highest BCUT2D eigenvalue weighted by molar-refractivity contribution is 5.97. The third kappa shape index (κ3) is 7.07. The number of ether oxygens (including phenoxy) is 3. The van der Waals surface area contributed by atoms with Crippen LogP contribution in [-0.2, 0) is 9.59 Å². The van der Waals surface area contributed by atoms with Crippen LogP contribution < -0.4 is 30.4 Å². The summed E-state index contributed by atoms with van der Waals surface area (Å²) in [6.07, 6.45) is -1.12. The summed E-state index contributed by atoms with van der Waals surface area (Å²) in [7, 11) is 1.21. The minimum atomic E-state index is -3.07. The molecular formula is C20H20F3N3O6. The largest absolute Gasteiger partial charge is 0.493 e. The average Bonchev–Trinajstić information content (AvgIpc) is 2.77. The van der Waals surface area contributed by atoms with Crippen molar-refractivity contribution in [1.82, 2.24) is 16.2 Å². The molecule has 0 fully saturated rings. The van der Waals surface area contributed by atoms with E-state index in [-0.39, 0.29) is 22.8 Å². The van der Waals surface area contributed by atoms with Gasteiger partial charge in [0.2, 0.25) is 0 Å². The van der Waals surface area contributed by atoms with Crippen LogP contribution >= 0.6 is 0 Å². The van der Waals surface area contributed by atoms with Gasteiger partial charge in [0.05, 0.1) is 13.7 Å². The first kappa shape index (κ1) is 24.3. The first-order chi connectivity index (χ1) is 15.2. The SMILES string of the molecule is COc1cc(C(=O)NCC(=O)NNC(=O)C(C)Oc2ccccc2F)ccc1OC(F)F. The molecule has 3 amide bonds. The number of amides is 3. The van der Waals surface area contributed by atoms with Crippen molar-refractivity contribution in [3.05, 3.63) is 53.8 Å². The number of rotatable bonds is 9. The van der Waals surface area contributed by atoms with E-state index in [0.717, 1.165) is 12.1 Å². The van der Waals surface area contributed by atoms with Crippen LogP contribution in [0.3, 0.4) is 0 Å². The highest BCUT2D eigenvalue weighted by Gasteiger charge is 2.18. The Bertz CT molecular complexity index is 973. The Morgan fingerprint density at radius 3 is 2.34 bits per heavy atom. The second-order valence-electron chi connectivity index (χ2n) is 6.15. The number of methoxy groups -OCH3 is 1. The number of halogens is 3. The van der Waals surface area contributed by atoms with E-state index in [1.807, 2.05) is 0 Å². The fourth-order valence-corrected chi connectivity index (χ4v) is 2.33. The van der Waals surface area contributed by atoms with Gasteiger partial charge in [0.1, 0.15) is 0 Å². The maximum absolute atomic E-state index is 13.6. The van der Waals surface area contributed by atoms with Gasteiger partial charge in [-0.25, -0.2) is 4.39 Å². The molecule has 0 heterocycles. The molecule has 12 heteroatoms. The molecule has 0 aromatic heterocycles. The third-order valence-electron chi connectivity index (χ3n) is 3.89. The van der Waals surface area contributed by atoms with Crippen molar-refractivity contribution >= 4 is 17.7 Å². The number of carbonyl (C=O) groups is 3. The summed E-state index contributed by atoms with van der Waals surface area (Å²) >= 11 is 0. The van der Waals surface area contributed by atoms with Crippen LogP contribution in [0.5, 0.6) is 17.2 Å². The van der Waals surface area contributed by atoms with Gasteiger partial charge in [-0.05, 0) is 37.3 Å². The van der Waals surface area contributed by atoms with Gasteiger partial charge in [-0.1, -0.05) is 12.1 Å². The van der Waals surface area contributed by atoms with Gasteiger partial charge >= 0.3 is 6.61 Å². The Labute approximate surface area is 180 Å². The molecule has 0 aliphatic heterocycles. The molecule has 3 N–H and O–H groups in total. The maximum atomic E-state index is 13.6. The Morgan fingerprint density at radius 1 is 0.969 bits per heavy atom. The summed E-state index contributed by atoms with van der Waals surface area (Å²) in [6, 6.07) is 8.99. The summed E-state index contributed by atoms with van der Waals surface area (Å²) in [4.78, 5) is 36.0. The number of para-hydroxylation sites is 1. The molecule has 0 spiro atoms. The van der Waals surface area contributed by atoms with Crippen molar-refractivity contribution in [2.45, 2.75) is 19.6 Å². The minimum absolute atomic E-state index is 0.0206. The van der Waals surface area contributed by atoms with Gasteiger partial charge < -0.3 is 19.5 Å². The second kappa shape index (κ2) is 11.4. The van der Waals surface area contributed by atoms with Crippen LogP contribution in [-0.4, -0.2) is 44.1 Å². The summed E-state index contributed by atoms with van der Waals surface area (Å²) in [5.41, 5.74) is 4.17. The van der Waals surface area contributed by atoms with Crippen molar-refractivity contribution < 1.29 is 41.8 Å². The molecule has 0 bridgehead atoms. The summed E-state index contributed by atoms with van der Waals surface area (Å²) in [6.45, 7) is -2.23. The van der Waals surface area contributed by atoms with Crippen LogP contribution in [0.25, 0.3) is 0 Å². The molecule has 2 rings (SSSR count). The summed E-state index contributed by atoms with van der Waals surface area (Å²) in [5.74, 6) is -3.37. The third-order valence-corrected chi connectivity index (χ3v) is 3.89. The molecule has 1 atom stereocenters. The van der Waals surface area contributed by atoms with E-state index in [9.17, 15) is 27.6 Å². The standard InChI is InChI=1S/C20H20F3N3O6/c1-11(31-14-6-4-3-5-13(14)21)18(28)26-25-17(27)10-24-19(29)12-7-8-15(32-20(22)23)16(9-12)30-2/h3-9,11,20H,10H2,1-2H3,(H,24,29)(H,25,27)(H,26,28). The van der Waals surface area contributed by atoms with E-state index in [2.05, 4.69) is 20.9 Å². The first-order valence-electron chi connectivity index (χ1n) is 9.12. The van der Waals surface area contributed by atoms with Crippen molar-refractivity contribution in [1.29, 1.82) is 0 Å². The first-order valence-corrected chi connectivity index (χ1v) is 9.12. The second-order valence-corrected chi connectivity index (χ2v) is 6.15. The molecule has 172 valence electrons. The molecule has 9 nitrogen and oxygen atoms in total. The zero-order chi connectivity index (χ0) is 23.7. The highest BCUT2D eigenvalue weighted by atomic mass is 19.3.